The fraction of sp³-hybridized carbons (Fsp3) is 0.500. The highest BCUT2D eigenvalue weighted by Crippen LogP contribution is 2.44. The number of hydrogen-bond acceptors (Lipinski definition) is 2. The maximum absolute atomic E-state index is 13.5. The third-order valence-corrected chi connectivity index (χ3v) is 4.63. The molecule has 18 heavy (non-hydrogen) atoms. The minimum Gasteiger partial charge on any atom is -0.384 e. The predicted octanol–water partition coefficient (Wildman–Crippen LogP) is 3.56. The van der Waals surface area contributed by atoms with Gasteiger partial charge in [0.05, 0.1) is 5.56 Å². The van der Waals surface area contributed by atoms with Crippen LogP contribution in [0.5, 0.6) is 0 Å². The molecule has 0 spiro atoms. The van der Waals surface area contributed by atoms with E-state index in [0.717, 1.165) is 12.1 Å². The van der Waals surface area contributed by atoms with Crippen molar-refractivity contribution in [2.24, 2.45) is 0 Å². The highest BCUT2D eigenvalue weighted by atomic mass is 32.2. The van der Waals surface area contributed by atoms with E-state index in [1.165, 1.54) is 11.8 Å². The summed E-state index contributed by atoms with van der Waals surface area (Å²) in [5.74, 6) is -0.627. The predicted molar refractivity (Wildman–Crippen MR) is 61.8 cm³/mol. The number of aliphatic hydroxyl groups is 1. The standard InChI is InChI=1S/C12H12F4OS/c1-7-11(17,4-5-18-7)8-2-3-9(10(13)6-8)12(14,15)16/h2-3,6-7,17H,4-5H2,1H3. The topological polar surface area (TPSA) is 20.2 Å². The Labute approximate surface area is 106 Å². The van der Waals surface area contributed by atoms with Crippen LogP contribution >= 0.6 is 11.8 Å². The normalized spacial score (nSPS) is 28.7. The lowest BCUT2D eigenvalue weighted by Crippen LogP contribution is -2.31. The van der Waals surface area contributed by atoms with Gasteiger partial charge in [-0.25, -0.2) is 4.39 Å². The third-order valence-electron chi connectivity index (χ3n) is 3.30. The zero-order valence-corrected chi connectivity index (χ0v) is 10.4. The van der Waals surface area contributed by atoms with E-state index in [1.807, 2.05) is 0 Å². The van der Waals surface area contributed by atoms with Crippen molar-refractivity contribution in [2.45, 2.75) is 30.4 Å². The van der Waals surface area contributed by atoms with Crippen LogP contribution in [0.1, 0.15) is 24.5 Å². The Kier molecular flexibility index (Phi) is 3.36. The van der Waals surface area contributed by atoms with Gasteiger partial charge in [-0.15, -0.1) is 0 Å². The summed E-state index contributed by atoms with van der Waals surface area (Å²) in [5.41, 5.74) is -2.33. The van der Waals surface area contributed by atoms with Gasteiger partial charge >= 0.3 is 6.18 Å². The zero-order chi connectivity index (χ0) is 13.6. The second kappa shape index (κ2) is 4.42. The molecule has 0 bridgehead atoms. The molecule has 0 radical (unpaired) electrons. The van der Waals surface area contributed by atoms with Gasteiger partial charge in [0, 0.05) is 5.25 Å². The first-order chi connectivity index (χ1) is 8.25. The van der Waals surface area contributed by atoms with Crippen LogP contribution in [-0.2, 0) is 11.8 Å². The Morgan fingerprint density at radius 3 is 2.50 bits per heavy atom. The summed E-state index contributed by atoms with van der Waals surface area (Å²) in [5, 5.41) is 10.2. The first-order valence-corrected chi connectivity index (χ1v) is 6.51. The molecule has 1 nitrogen and oxygen atoms in total. The highest BCUT2D eigenvalue weighted by molar-refractivity contribution is 8.00. The van der Waals surface area contributed by atoms with E-state index in [0.29, 0.717) is 18.2 Å². The Bertz CT molecular complexity index is 460. The highest BCUT2D eigenvalue weighted by Gasteiger charge is 2.42. The lowest BCUT2D eigenvalue weighted by atomic mass is 9.88. The van der Waals surface area contributed by atoms with Crippen molar-refractivity contribution in [3.8, 4) is 0 Å². The number of rotatable bonds is 1. The smallest absolute Gasteiger partial charge is 0.384 e. The van der Waals surface area contributed by atoms with Gasteiger partial charge in [-0.2, -0.15) is 24.9 Å². The monoisotopic (exact) mass is 280 g/mol. The Morgan fingerprint density at radius 2 is 2.06 bits per heavy atom. The molecule has 0 aliphatic carbocycles. The molecule has 1 aromatic rings. The summed E-state index contributed by atoms with van der Waals surface area (Å²) >= 11 is 1.52. The largest absolute Gasteiger partial charge is 0.419 e. The molecule has 2 rings (SSSR count). The first kappa shape index (κ1) is 13.7. The second-order valence-electron chi connectivity index (χ2n) is 4.38. The summed E-state index contributed by atoms with van der Waals surface area (Å²) < 4.78 is 50.7. The number of halogens is 4. The number of thioether (sulfide) groups is 1. The summed E-state index contributed by atoms with van der Waals surface area (Å²) in [7, 11) is 0. The van der Waals surface area contributed by atoms with Crippen LogP contribution in [0.15, 0.2) is 18.2 Å². The van der Waals surface area contributed by atoms with E-state index in [4.69, 9.17) is 0 Å². The van der Waals surface area contributed by atoms with Gasteiger partial charge in [0.15, 0.2) is 0 Å². The van der Waals surface area contributed by atoms with Crippen molar-refractivity contribution >= 4 is 11.8 Å². The van der Waals surface area contributed by atoms with Crippen LogP contribution in [0.4, 0.5) is 17.6 Å². The van der Waals surface area contributed by atoms with E-state index >= 15 is 0 Å². The Morgan fingerprint density at radius 1 is 1.39 bits per heavy atom. The van der Waals surface area contributed by atoms with Crippen LogP contribution in [0.3, 0.4) is 0 Å². The van der Waals surface area contributed by atoms with Crippen LogP contribution in [0.25, 0.3) is 0 Å². The summed E-state index contributed by atoms with van der Waals surface area (Å²) in [6.45, 7) is 1.78. The number of benzene rings is 1. The van der Waals surface area contributed by atoms with Crippen molar-refractivity contribution < 1.29 is 22.7 Å². The van der Waals surface area contributed by atoms with Crippen LogP contribution in [-0.4, -0.2) is 16.1 Å². The molecule has 1 N–H and O–H groups in total. The zero-order valence-electron chi connectivity index (χ0n) is 9.59. The van der Waals surface area contributed by atoms with E-state index in [-0.39, 0.29) is 10.8 Å². The lowest BCUT2D eigenvalue weighted by Gasteiger charge is -2.27. The molecule has 0 amide bonds. The average Bonchev–Trinajstić information content (AvgIpc) is 2.58. The molecular formula is C12H12F4OS. The van der Waals surface area contributed by atoms with Crippen molar-refractivity contribution in [3.05, 3.63) is 35.1 Å². The molecule has 100 valence electrons. The third kappa shape index (κ3) is 2.23. The van der Waals surface area contributed by atoms with Crippen LogP contribution < -0.4 is 0 Å². The minimum atomic E-state index is -4.71. The van der Waals surface area contributed by atoms with E-state index in [2.05, 4.69) is 0 Å². The maximum atomic E-state index is 13.5. The van der Waals surface area contributed by atoms with E-state index in [1.54, 1.807) is 6.92 Å². The molecule has 6 heteroatoms. The molecule has 1 saturated heterocycles. The molecule has 0 saturated carbocycles. The molecule has 1 aliphatic rings. The molecule has 1 fully saturated rings. The molecular weight excluding hydrogens is 268 g/mol. The van der Waals surface area contributed by atoms with Gasteiger partial charge in [0.1, 0.15) is 11.4 Å². The van der Waals surface area contributed by atoms with Crippen LogP contribution in [0.2, 0.25) is 0 Å². The lowest BCUT2D eigenvalue weighted by molar-refractivity contribution is -0.140. The fourth-order valence-electron chi connectivity index (χ4n) is 2.13. The van der Waals surface area contributed by atoms with E-state index in [9.17, 15) is 22.7 Å². The Balaban J connectivity index is 2.41. The van der Waals surface area contributed by atoms with E-state index < -0.39 is 23.2 Å². The van der Waals surface area contributed by atoms with Crippen molar-refractivity contribution in [2.75, 3.05) is 5.75 Å². The summed E-state index contributed by atoms with van der Waals surface area (Å²) in [6.07, 6.45) is -4.29. The first-order valence-electron chi connectivity index (χ1n) is 5.46. The minimum absolute atomic E-state index is 0.159. The van der Waals surface area contributed by atoms with Gasteiger partial charge in [-0.1, -0.05) is 13.0 Å². The molecule has 0 aromatic heterocycles. The Hall–Kier alpha value is -0.750. The van der Waals surface area contributed by atoms with Gasteiger partial charge in [-0.3, -0.25) is 0 Å². The molecule has 2 unspecified atom stereocenters. The average molecular weight is 280 g/mol. The quantitative estimate of drug-likeness (QED) is 0.794. The van der Waals surface area contributed by atoms with Gasteiger partial charge in [0.2, 0.25) is 0 Å². The summed E-state index contributed by atoms with van der Waals surface area (Å²) in [4.78, 5) is 0. The van der Waals surface area contributed by atoms with Crippen molar-refractivity contribution in [3.63, 3.8) is 0 Å². The molecule has 1 heterocycles. The van der Waals surface area contributed by atoms with Gasteiger partial charge in [0.25, 0.3) is 0 Å². The SMILES string of the molecule is CC1SCCC1(O)c1ccc(C(F)(F)F)c(F)c1. The fourth-order valence-corrected chi connectivity index (χ4v) is 3.44. The van der Waals surface area contributed by atoms with Crippen molar-refractivity contribution in [1.29, 1.82) is 0 Å². The molecule has 2 atom stereocenters. The molecule has 1 aromatic carbocycles. The molecule has 1 aliphatic heterocycles. The van der Waals surface area contributed by atoms with Gasteiger partial charge in [-0.05, 0) is 29.9 Å². The maximum Gasteiger partial charge on any atom is 0.419 e. The van der Waals surface area contributed by atoms with Gasteiger partial charge < -0.3 is 5.11 Å². The van der Waals surface area contributed by atoms with Crippen LogP contribution in [0, 0.1) is 5.82 Å². The number of alkyl halides is 3. The second-order valence-corrected chi connectivity index (χ2v) is 5.83. The summed E-state index contributed by atoms with van der Waals surface area (Å²) in [6, 6.07) is 2.65. The number of hydrogen-bond donors (Lipinski definition) is 1. The van der Waals surface area contributed by atoms with Crippen molar-refractivity contribution in [1.82, 2.24) is 0 Å².